The Kier molecular flexibility index (Phi) is 8.68. The van der Waals surface area contributed by atoms with Gasteiger partial charge in [0.15, 0.2) is 17.5 Å². The Balaban J connectivity index is 0.00000300. The number of aromatic nitrogens is 1. The van der Waals surface area contributed by atoms with E-state index in [0.717, 1.165) is 12.0 Å². The van der Waals surface area contributed by atoms with Crippen LogP contribution in [0.15, 0.2) is 35.6 Å². The van der Waals surface area contributed by atoms with Crippen LogP contribution in [0.25, 0.3) is 0 Å². The first-order chi connectivity index (χ1) is 13.6. The smallest absolute Gasteiger partial charge is 0.387 e. The van der Waals surface area contributed by atoms with E-state index in [2.05, 4.69) is 25.3 Å². The first kappa shape index (κ1) is 22.9. The van der Waals surface area contributed by atoms with Gasteiger partial charge in [-0.3, -0.25) is 9.98 Å². The molecule has 0 unspecified atom stereocenters. The zero-order chi connectivity index (χ0) is 19.9. The molecule has 29 heavy (non-hydrogen) atoms. The van der Waals surface area contributed by atoms with Crippen molar-refractivity contribution in [3.05, 3.63) is 47.3 Å². The fourth-order valence-electron chi connectivity index (χ4n) is 2.81. The maximum absolute atomic E-state index is 12.7. The van der Waals surface area contributed by atoms with Gasteiger partial charge >= 0.3 is 6.61 Å². The van der Waals surface area contributed by atoms with Gasteiger partial charge in [0.05, 0.1) is 0 Å². The van der Waals surface area contributed by atoms with Gasteiger partial charge < -0.3 is 24.8 Å². The van der Waals surface area contributed by atoms with Crippen LogP contribution >= 0.6 is 24.0 Å². The molecule has 0 saturated carbocycles. The van der Waals surface area contributed by atoms with Crippen molar-refractivity contribution in [3.63, 3.8) is 0 Å². The van der Waals surface area contributed by atoms with Gasteiger partial charge in [0.25, 0.3) is 0 Å². The van der Waals surface area contributed by atoms with E-state index in [1.807, 2.05) is 19.2 Å². The molecule has 10 heteroatoms. The number of rotatable bonds is 7. The summed E-state index contributed by atoms with van der Waals surface area (Å²) in [7, 11) is 1.64. The molecule has 7 nitrogen and oxygen atoms in total. The highest BCUT2D eigenvalue weighted by molar-refractivity contribution is 14.0. The molecule has 1 aliphatic rings. The highest BCUT2D eigenvalue weighted by Gasteiger charge is 2.20. The van der Waals surface area contributed by atoms with Crippen molar-refractivity contribution in [2.24, 2.45) is 4.99 Å². The molecule has 0 aliphatic carbocycles. The number of guanidine groups is 1. The molecule has 2 heterocycles. The summed E-state index contributed by atoms with van der Waals surface area (Å²) >= 11 is 0. The summed E-state index contributed by atoms with van der Waals surface area (Å²) in [4.78, 5) is 8.24. The topological polar surface area (TPSA) is 77.0 Å². The molecule has 158 valence electrons. The number of fused-ring (bicyclic) bond motifs is 1. The molecule has 0 bridgehead atoms. The van der Waals surface area contributed by atoms with Gasteiger partial charge in [-0.25, -0.2) is 0 Å². The van der Waals surface area contributed by atoms with E-state index in [-0.39, 0.29) is 43.1 Å². The molecule has 0 fully saturated rings. The maximum Gasteiger partial charge on any atom is 0.387 e. The lowest BCUT2D eigenvalue weighted by atomic mass is 10.1. The van der Waals surface area contributed by atoms with Crippen molar-refractivity contribution < 1.29 is 23.0 Å². The molecule has 0 spiro atoms. The highest BCUT2D eigenvalue weighted by Crippen LogP contribution is 2.38. The number of aliphatic imine (C=N–C) groups is 1. The van der Waals surface area contributed by atoms with Crippen LogP contribution in [0.5, 0.6) is 17.2 Å². The minimum atomic E-state index is -2.93. The van der Waals surface area contributed by atoms with Crippen molar-refractivity contribution in [3.8, 4) is 17.2 Å². The zero-order valence-corrected chi connectivity index (χ0v) is 18.4. The van der Waals surface area contributed by atoms with Gasteiger partial charge in [-0.15, -0.1) is 24.0 Å². The van der Waals surface area contributed by atoms with Crippen LogP contribution in [0.2, 0.25) is 0 Å². The zero-order valence-electron chi connectivity index (χ0n) is 16.1. The molecular weight excluding hydrogens is 497 g/mol. The third kappa shape index (κ3) is 6.31. The second-order valence-corrected chi connectivity index (χ2v) is 6.10. The Morgan fingerprint density at radius 1 is 1.24 bits per heavy atom. The molecule has 2 aromatic rings. The SMILES string of the molecule is CN=C(NCCc1ccncc1C)NCc1cc2c(cc1OC(F)F)OCO2.I. The number of benzene rings is 1. The number of halogens is 3. The number of aryl methyl sites for hydroxylation is 1. The predicted molar refractivity (Wildman–Crippen MR) is 115 cm³/mol. The molecule has 0 atom stereocenters. The van der Waals surface area contributed by atoms with E-state index in [4.69, 9.17) is 9.47 Å². The van der Waals surface area contributed by atoms with Crippen molar-refractivity contribution >= 4 is 29.9 Å². The molecule has 1 aliphatic heterocycles. The largest absolute Gasteiger partial charge is 0.454 e. The fraction of sp³-hybridized carbons (Fsp3) is 0.368. The third-order valence-corrected chi connectivity index (χ3v) is 4.26. The predicted octanol–water partition coefficient (Wildman–Crippen LogP) is 3.25. The van der Waals surface area contributed by atoms with Crippen LogP contribution in [-0.4, -0.2) is 37.9 Å². The van der Waals surface area contributed by atoms with Crippen molar-refractivity contribution in [1.82, 2.24) is 15.6 Å². The minimum Gasteiger partial charge on any atom is -0.454 e. The number of ether oxygens (including phenoxy) is 3. The van der Waals surface area contributed by atoms with E-state index in [1.165, 1.54) is 11.6 Å². The summed E-state index contributed by atoms with van der Waals surface area (Å²) < 4.78 is 40.6. The molecule has 2 N–H and O–H groups in total. The Labute approximate surface area is 184 Å². The number of hydrogen-bond acceptors (Lipinski definition) is 5. The van der Waals surface area contributed by atoms with Gasteiger partial charge in [0, 0.05) is 44.2 Å². The summed E-state index contributed by atoms with van der Waals surface area (Å²) in [6, 6.07) is 5.02. The number of alkyl halides is 2. The average Bonchev–Trinajstić information content (AvgIpc) is 3.12. The maximum atomic E-state index is 12.7. The first-order valence-corrected chi connectivity index (χ1v) is 8.78. The number of nitrogens with one attached hydrogen (secondary N) is 2. The summed E-state index contributed by atoms with van der Waals surface area (Å²) in [6.07, 6.45) is 4.39. The van der Waals surface area contributed by atoms with E-state index in [1.54, 1.807) is 19.3 Å². The Hall–Kier alpha value is -2.37. The Morgan fingerprint density at radius 3 is 2.69 bits per heavy atom. The average molecular weight is 520 g/mol. The molecule has 1 aromatic heterocycles. The van der Waals surface area contributed by atoms with E-state index < -0.39 is 6.61 Å². The van der Waals surface area contributed by atoms with Gasteiger partial charge in [0.1, 0.15) is 5.75 Å². The van der Waals surface area contributed by atoms with Crippen LogP contribution in [0, 0.1) is 6.92 Å². The van der Waals surface area contributed by atoms with Gasteiger partial charge in [-0.1, -0.05) is 0 Å². The minimum absolute atomic E-state index is 0. The fourth-order valence-corrected chi connectivity index (χ4v) is 2.81. The standard InChI is InChI=1S/C19H22F2N4O3.HI/c1-12-9-23-5-3-13(12)4-6-24-19(22-2)25-10-14-7-16-17(27-11-26-16)8-15(14)28-18(20)21;/h3,5,7-9,18H,4,6,10-11H2,1-2H3,(H2,22,24,25);1H. The Bertz CT molecular complexity index is 852. The van der Waals surface area contributed by atoms with Gasteiger partial charge in [-0.2, -0.15) is 8.78 Å². The summed E-state index contributed by atoms with van der Waals surface area (Å²) in [5.74, 6) is 1.46. The third-order valence-electron chi connectivity index (χ3n) is 4.26. The Morgan fingerprint density at radius 2 is 2.00 bits per heavy atom. The van der Waals surface area contributed by atoms with Gasteiger partial charge in [0.2, 0.25) is 6.79 Å². The summed E-state index contributed by atoms with van der Waals surface area (Å²) in [6.45, 7) is 0.0242. The number of hydrogen-bond donors (Lipinski definition) is 2. The van der Waals surface area contributed by atoms with Crippen LogP contribution < -0.4 is 24.8 Å². The molecular formula is C19H23F2IN4O3. The quantitative estimate of drug-likeness (QED) is 0.332. The van der Waals surface area contributed by atoms with E-state index in [0.29, 0.717) is 29.6 Å². The van der Waals surface area contributed by atoms with Crippen LogP contribution in [0.1, 0.15) is 16.7 Å². The summed E-state index contributed by atoms with van der Waals surface area (Å²) in [5, 5.41) is 6.30. The van der Waals surface area contributed by atoms with Crippen molar-refractivity contribution in [2.75, 3.05) is 20.4 Å². The normalized spacial score (nSPS) is 12.5. The summed E-state index contributed by atoms with van der Waals surface area (Å²) in [5.41, 5.74) is 2.83. The lowest BCUT2D eigenvalue weighted by molar-refractivity contribution is -0.0505. The lowest BCUT2D eigenvalue weighted by Gasteiger charge is -2.15. The number of pyridine rings is 1. The lowest BCUT2D eigenvalue weighted by Crippen LogP contribution is -2.38. The highest BCUT2D eigenvalue weighted by atomic mass is 127. The van der Waals surface area contributed by atoms with Crippen molar-refractivity contribution in [2.45, 2.75) is 26.5 Å². The van der Waals surface area contributed by atoms with E-state index >= 15 is 0 Å². The van der Waals surface area contributed by atoms with Crippen molar-refractivity contribution in [1.29, 1.82) is 0 Å². The first-order valence-electron chi connectivity index (χ1n) is 8.78. The monoisotopic (exact) mass is 520 g/mol. The molecule has 3 rings (SSSR count). The number of nitrogens with zero attached hydrogens (tertiary/aromatic N) is 2. The molecule has 0 saturated heterocycles. The van der Waals surface area contributed by atoms with Crippen LogP contribution in [-0.2, 0) is 13.0 Å². The second-order valence-electron chi connectivity index (χ2n) is 6.10. The van der Waals surface area contributed by atoms with Gasteiger partial charge in [-0.05, 0) is 36.6 Å². The van der Waals surface area contributed by atoms with Crippen LogP contribution in [0.3, 0.4) is 0 Å². The van der Waals surface area contributed by atoms with Crippen LogP contribution in [0.4, 0.5) is 8.78 Å². The molecule has 0 radical (unpaired) electrons. The second kappa shape index (κ2) is 11.0. The van der Waals surface area contributed by atoms with E-state index in [9.17, 15) is 8.78 Å². The molecule has 0 amide bonds. The molecule has 1 aromatic carbocycles.